The zero-order valence-corrected chi connectivity index (χ0v) is 19.2. The van der Waals surface area contributed by atoms with E-state index < -0.39 is 0 Å². The van der Waals surface area contributed by atoms with Gasteiger partial charge in [-0.2, -0.15) is 0 Å². The van der Waals surface area contributed by atoms with Gasteiger partial charge in [0.1, 0.15) is 18.2 Å². The Morgan fingerprint density at radius 2 is 1.97 bits per heavy atom. The van der Waals surface area contributed by atoms with E-state index in [1.54, 1.807) is 4.90 Å². The van der Waals surface area contributed by atoms with Gasteiger partial charge < -0.3 is 9.64 Å². The number of nitrogens with zero attached hydrogens (tertiary/aromatic N) is 4. The third-order valence-electron chi connectivity index (χ3n) is 6.22. The van der Waals surface area contributed by atoms with Crippen molar-refractivity contribution in [3.05, 3.63) is 53.0 Å². The lowest BCUT2D eigenvalue weighted by Crippen LogP contribution is -2.42. The van der Waals surface area contributed by atoms with E-state index in [1.165, 1.54) is 0 Å². The molecule has 7 nitrogen and oxygen atoms in total. The topological polar surface area (TPSA) is 75.6 Å². The summed E-state index contributed by atoms with van der Waals surface area (Å²) in [6.07, 6.45) is 3.02. The van der Waals surface area contributed by atoms with Gasteiger partial charge in [-0.1, -0.05) is 30.3 Å². The second kappa shape index (κ2) is 9.77. The number of fused-ring (bicyclic) bond motifs is 1. The smallest absolute Gasteiger partial charge is 0.248 e. The highest BCUT2D eigenvalue weighted by Crippen LogP contribution is 2.33. The summed E-state index contributed by atoms with van der Waals surface area (Å²) in [5.41, 5.74) is 3.06. The van der Waals surface area contributed by atoms with Crippen LogP contribution >= 0.6 is 0 Å². The molecule has 0 spiro atoms. The predicted octanol–water partition coefficient (Wildman–Crippen LogP) is 3.40. The molecule has 0 radical (unpaired) electrons. The SMILES string of the molecule is Cc1nc([C@@H]2CCCN(C(=O)COC(C)C)C2)nc2c1CCC(=O)N2Cc1ccccc1. The summed E-state index contributed by atoms with van der Waals surface area (Å²) in [6.45, 7) is 7.79. The second-order valence-electron chi connectivity index (χ2n) is 8.97. The lowest BCUT2D eigenvalue weighted by atomic mass is 9.95. The van der Waals surface area contributed by atoms with E-state index in [2.05, 4.69) is 0 Å². The Morgan fingerprint density at radius 1 is 1.19 bits per heavy atom. The van der Waals surface area contributed by atoms with Crippen molar-refractivity contribution < 1.29 is 14.3 Å². The third-order valence-corrected chi connectivity index (χ3v) is 6.22. The molecule has 2 aromatic rings. The van der Waals surface area contributed by atoms with Gasteiger partial charge in [0.05, 0.1) is 12.6 Å². The fourth-order valence-corrected chi connectivity index (χ4v) is 4.46. The molecule has 1 aromatic heterocycles. The minimum atomic E-state index is 0.0129. The van der Waals surface area contributed by atoms with Gasteiger partial charge in [-0.05, 0) is 45.6 Å². The molecule has 1 atom stereocenters. The number of carbonyl (C=O) groups excluding carboxylic acids is 2. The van der Waals surface area contributed by atoms with Crippen molar-refractivity contribution in [1.82, 2.24) is 14.9 Å². The van der Waals surface area contributed by atoms with Gasteiger partial charge in [-0.3, -0.25) is 14.5 Å². The van der Waals surface area contributed by atoms with Crippen LogP contribution in [0.1, 0.15) is 61.7 Å². The maximum absolute atomic E-state index is 12.8. The number of aryl methyl sites for hydroxylation is 1. The van der Waals surface area contributed by atoms with Gasteiger partial charge in [-0.25, -0.2) is 9.97 Å². The quantitative estimate of drug-likeness (QED) is 0.694. The Morgan fingerprint density at radius 3 is 2.72 bits per heavy atom. The Labute approximate surface area is 189 Å². The normalized spacial score (nSPS) is 18.8. The van der Waals surface area contributed by atoms with Gasteiger partial charge in [0.2, 0.25) is 11.8 Å². The molecule has 2 amide bonds. The van der Waals surface area contributed by atoms with Crippen LogP contribution in [0.2, 0.25) is 0 Å². The molecule has 2 aliphatic heterocycles. The molecule has 0 unspecified atom stereocenters. The fraction of sp³-hybridized carbons (Fsp3) is 0.520. The maximum atomic E-state index is 12.8. The molecule has 1 fully saturated rings. The highest BCUT2D eigenvalue weighted by molar-refractivity contribution is 5.95. The molecule has 1 aromatic carbocycles. The van der Waals surface area contributed by atoms with Crippen LogP contribution in [-0.2, 0) is 27.3 Å². The van der Waals surface area contributed by atoms with Crippen LogP contribution < -0.4 is 4.90 Å². The van der Waals surface area contributed by atoms with Crippen LogP contribution in [0.4, 0.5) is 5.82 Å². The molecule has 4 rings (SSSR count). The molecule has 7 heteroatoms. The second-order valence-corrected chi connectivity index (χ2v) is 8.97. The Hall–Kier alpha value is -2.80. The maximum Gasteiger partial charge on any atom is 0.248 e. The van der Waals surface area contributed by atoms with E-state index in [0.717, 1.165) is 47.8 Å². The number of likely N-dealkylation sites (tertiary alicyclic amines) is 1. The standard InChI is InChI=1S/C25H32N4O3/c1-17(2)32-16-23(31)28-13-7-10-20(15-28)24-26-18(3)21-11-12-22(30)29(25(21)27-24)14-19-8-5-4-6-9-19/h4-6,8-9,17,20H,7,10-16H2,1-3H3/t20-/m1/s1. The summed E-state index contributed by atoms with van der Waals surface area (Å²) in [5.74, 6) is 1.64. The van der Waals surface area contributed by atoms with E-state index in [1.807, 2.05) is 56.0 Å². The molecule has 3 heterocycles. The van der Waals surface area contributed by atoms with Crippen LogP contribution in [0, 0.1) is 6.92 Å². The van der Waals surface area contributed by atoms with Crippen LogP contribution in [0.15, 0.2) is 30.3 Å². The molecule has 1 saturated heterocycles. The monoisotopic (exact) mass is 436 g/mol. The lowest BCUT2D eigenvalue weighted by molar-refractivity contribution is -0.138. The average molecular weight is 437 g/mol. The van der Waals surface area contributed by atoms with Crippen molar-refractivity contribution in [1.29, 1.82) is 0 Å². The lowest BCUT2D eigenvalue weighted by Gasteiger charge is -2.34. The molecular weight excluding hydrogens is 404 g/mol. The predicted molar refractivity (Wildman–Crippen MR) is 122 cm³/mol. The van der Waals surface area contributed by atoms with E-state index in [9.17, 15) is 9.59 Å². The van der Waals surface area contributed by atoms with Crippen LogP contribution in [-0.4, -0.2) is 52.5 Å². The van der Waals surface area contributed by atoms with Gasteiger partial charge in [0.25, 0.3) is 0 Å². The summed E-state index contributed by atoms with van der Waals surface area (Å²) < 4.78 is 5.51. The van der Waals surface area contributed by atoms with Gasteiger partial charge in [0.15, 0.2) is 0 Å². The summed E-state index contributed by atoms with van der Waals surface area (Å²) in [6, 6.07) is 10.00. The van der Waals surface area contributed by atoms with Crippen molar-refractivity contribution in [3.8, 4) is 0 Å². The van der Waals surface area contributed by atoms with E-state index in [-0.39, 0.29) is 30.4 Å². The molecule has 0 saturated carbocycles. The molecule has 170 valence electrons. The number of piperidine rings is 1. The van der Waals surface area contributed by atoms with Crippen LogP contribution in [0.5, 0.6) is 0 Å². The first-order valence-electron chi connectivity index (χ1n) is 11.5. The Bertz CT molecular complexity index is 977. The zero-order chi connectivity index (χ0) is 22.7. The summed E-state index contributed by atoms with van der Waals surface area (Å²) >= 11 is 0. The van der Waals surface area contributed by atoms with Gasteiger partial charge >= 0.3 is 0 Å². The number of ether oxygens (including phenoxy) is 1. The van der Waals surface area contributed by atoms with Crippen molar-refractivity contribution in [2.75, 3.05) is 24.6 Å². The highest BCUT2D eigenvalue weighted by Gasteiger charge is 2.32. The van der Waals surface area contributed by atoms with E-state index in [4.69, 9.17) is 14.7 Å². The first-order chi connectivity index (χ1) is 15.4. The molecule has 2 aliphatic rings. The Kier molecular flexibility index (Phi) is 6.84. The first-order valence-corrected chi connectivity index (χ1v) is 11.5. The zero-order valence-electron chi connectivity index (χ0n) is 19.2. The van der Waals surface area contributed by atoms with Crippen molar-refractivity contribution in [2.45, 2.75) is 65.0 Å². The number of benzene rings is 1. The summed E-state index contributed by atoms with van der Waals surface area (Å²) in [5, 5.41) is 0. The molecule has 0 N–H and O–H groups in total. The molecule has 0 bridgehead atoms. The third kappa shape index (κ3) is 4.99. The first kappa shape index (κ1) is 22.4. The number of hydrogen-bond donors (Lipinski definition) is 0. The van der Waals surface area contributed by atoms with Gasteiger partial charge in [-0.15, -0.1) is 0 Å². The number of rotatable bonds is 6. The summed E-state index contributed by atoms with van der Waals surface area (Å²) in [7, 11) is 0. The largest absolute Gasteiger partial charge is 0.369 e. The van der Waals surface area contributed by atoms with Crippen molar-refractivity contribution in [2.24, 2.45) is 0 Å². The van der Waals surface area contributed by atoms with E-state index in [0.29, 0.717) is 25.9 Å². The number of aromatic nitrogens is 2. The number of amides is 2. The molecule has 0 aliphatic carbocycles. The van der Waals surface area contributed by atoms with E-state index >= 15 is 0 Å². The minimum absolute atomic E-state index is 0.0129. The van der Waals surface area contributed by atoms with Gasteiger partial charge in [0, 0.05) is 36.7 Å². The fourth-order valence-electron chi connectivity index (χ4n) is 4.46. The number of carbonyl (C=O) groups is 2. The molecular formula is C25H32N4O3. The number of anilines is 1. The van der Waals surface area contributed by atoms with Crippen molar-refractivity contribution in [3.63, 3.8) is 0 Å². The molecule has 32 heavy (non-hydrogen) atoms. The minimum Gasteiger partial charge on any atom is -0.369 e. The average Bonchev–Trinajstić information content (AvgIpc) is 2.80. The number of hydrogen-bond acceptors (Lipinski definition) is 5. The summed E-state index contributed by atoms with van der Waals surface area (Å²) in [4.78, 5) is 38.8. The van der Waals surface area contributed by atoms with Crippen molar-refractivity contribution >= 4 is 17.6 Å². The van der Waals surface area contributed by atoms with Crippen LogP contribution in [0.25, 0.3) is 0 Å². The Balaban J connectivity index is 1.57. The van der Waals surface area contributed by atoms with Crippen LogP contribution in [0.3, 0.4) is 0 Å². The highest BCUT2D eigenvalue weighted by atomic mass is 16.5.